The first kappa shape index (κ1) is 18.0. The zero-order chi connectivity index (χ0) is 17.0. The molecule has 4 heteroatoms. The van der Waals surface area contributed by atoms with Crippen molar-refractivity contribution in [3.8, 4) is 0 Å². The Kier molecular flexibility index (Phi) is 6.19. The van der Waals surface area contributed by atoms with E-state index < -0.39 is 0 Å². The molecule has 2 rings (SSSR count). The molecule has 0 saturated carbocycles. The molecule has 1 unspecified atom stereocenters. The fourth-order valence-electron chi connectivity index (χ4n) is 3.25. The summed E-state index contributed by atoms with van der Waals surface area (Å²) in [6.07, 6.45) is 1.49. The molecule has 2 N–H and O–H groups in total. The lowest BCUT2D eigenvalue weighted by atomic mass is 9.92. The van der Waals surface area contributed by atoms with Gasteiger partial charge in [0.25, 0.3) is 0 Å². The third kappa shape index (κ3) is 4.79. The molecular formula is C19H30N2O2. The van der Waals surface area contributed by atoms with E-state index in [2.05, 4.69) is 51.2 Å². The average Bonchev–Trinajstić information content (AvgIpc) is 2.46. The normalized spacial score (nSPS) is 19.3. The Labute approximate surface area is 139 Å². The quantitative estimate of drug-likeness (QED) is 0.875. The standard InChI is InChI=1S/C19H30N2O2/c1-13(2)16-8-5-9-17(14(3)4)19(16)20-18(23)12-21-10-6-7-15(22)11-21/h5,8-9,13-15,22H,6-7,10-12H2,1-4H3,(H,20,23). The number of nitrogens with one attached hydrogen (secondary N) is 1. The van der Waals surface area contributed by atoms with Gasteiger partial charge in [0.1, 0.15) is 0 Å². The fourth-order valence-corrected chi connectivity index (χ4v) is 3.25. The van der Waals surface area contributed by atoms with Crippen LogP contribution in [0.5, 0.6) is 0 Å². The molecule has 1 aliphatic heterocycles. The van der Waals surface area contributed by atoms with E-state index in [0.29, 0.717) is 24.9 Å². The van der Waals surface area contributed by atoms with E-state index in [1.165, 1.54) is 11.1 Å². The Morgan fingerprint density at radius 2 is 1.87 bits per heavy atom. The number of likely N-dealkylation sites (tertiary alicyclic amines) is 1. The molecule has 0 aromatic heterocycles. The summed E-state index contributed by atoms with van der Waals surface area (Å²) >= 11 is 0. The molecular weight excluding hydrogens is 288 g/mol. The molecule has 128 valence electrons. The molecule has 1 saturated heterocycles. The van der Waals surface area contributed by atoms with Crippen LogP contribution in [0.1, 0.15) is 63.5 Å². The topological polar surface area (TPSA) is 52.6 Å². The predicted octanol–water partition coefficient (Wildman–Crippen LogP) is 3.33. The van der Waals surface area contributed by atoms with Gasteiger partial charge in [0.05, 0.1) is 12.6 Å². The SMILES string of the molecule is CC(C)c1cccc(C(C)C)c1NC(=O)CN1CCCC(O)C1. The lowest BCUT2D eigenvalue weighted by Crippen LogP contribution is -2.42. The Bertz CT molecular complexity index is 514. The Balaban J connectivity index is 2.13. The van der Waals surface area contributed by atoms with E-state index in [1.807, 2.05) is 4.90 Å². The molecule has 1 aliphatic rings. The maximum Gasteiger partial charge on any atom is 0.238 e. The van der Waals surface area contributed by atoms with Crippen LogP contribution in [0.15, 0.2) is 18.2 Å². The van der Waals surface area contributed by atoms with Gasteiger partial charge in [0.15, 0.2) is 0 Å². The number of benzene rings is 1. The summed E-state index contributed by atoms with van der Waals surface area (Å²) in [6.45, 7) is 10.4. The molecule has 1 aromatic rings. The van der Waals surface area contributed by atoms with Crippen molar-refractivity contribution in [3.05, 3.63) is 29.3 Å². The number of hydrogen-bond acceptors (Lipinski definition) is 3. The minimum absolute atomic E-state index is 0.00843. The van der Waals surface area contributed by atoms with Gasteiger partial charge in [-0.2, -0.15) is 0 Å². The third-order valence-electron chi connectivity index (χ3n) is 4.49. The van der Waals surface area contributed by atoms with E-state index in [-0.39, 0.29) is 12.0 Å². The fraction of sp³-hybridized carbons (Fsp3) is 0.632. The first-order valence-corrected chi connectivity index (χ1v) is 8.71. The summed E-state index contributed by atoms with van der Waals surface area (Å²) in [5, 5.41) is 12.9. The molecule has 23 heavy (non-hydrogen) atoms. The van der Waals surface area contributed by atoms with Gasteiger partial charge in [-0.1, -0.05) is 45.9 Å². The van der Waals surface area contributed by atoms with Gasteiger partial charge in [0.2, 0.25) is 5.91 Å². The lowest BCUT2D eigenvalue weighted by Gasteiger charge is -2.29. The van der Waals surface area contributed by atoms with Crippen LogP contribution >= 0.6 is 0 Å². The van der Waals surface area contributed by atoms with Gasteiger partial charge in [-0.15, -0.1) is 0 Å². The summed E-state index contributed by atoms with van der Waals surface area (Å²) in [5.41, 5.74) is 3.34. The highest BCUT2D eigenvalue weighted by Crippen LogP contribution is 2.32. The van der Waals surface area contributed by atoms with Crippen molar-refractivity contribution in [1.29, 1.82) is 0 Å². The summed E-state index contributed by atoms with van der Waals surface area (Å²) in [6, 6.07) is 6.26. The van der Waals surface area contributed by atoms with Crippen molar-refractivity contribution in [3.63, 3.8) is 0 Å². The number of anilines is 1. The van der Waals surface area contributed by atoms with Crippen molar-refractivity contribution in [2.24, 2.45) is 0 Å². The highest BCUT2D eigenvalue weighted by molar-refractivity contribution is 5.94. The molecule has 4 nitrogen and oxygen atoms in total. The van der Waals surface area contributed by atoms with Gasteiger partial charge >= 0.3 is 0 Å². The first-order chi connectivity index (χ1) is 10.9. The number of carbonyl (C=O) groups is 1. The smallest absolute Gasteiger partial charge is 0.238 e. The van der Waals surface area contributed by atoms with Crippen LogP contribution in [0.2, 0.25) is 0 Å². The number of nitrogens with zero attached hydrogens (tertiary/aromatic N) is 1. The Hall–Kier alpha value is -1.39. The van der Waals surface area contributed by atoms with Crippen LogP contribution in [0, 0.1) is 0 Å². The van der Waals surface area contributed by atoms with Crippen LogP contribution in [0.25, 0.3) is 0 Å². The summed E-state index contributed by atoms with van der Waals surface area (Å²) in [4.78, 5) is 14.5. The largest absolute Gasteiger partial charge is 0.392 e. The zero-order valence-electron chi connectivity index (χ0n) is 14.8. The molecule has 1 amide bonds. The maximum absolute atomic E-state index is 12.5. The number of hydrogen-bond donors (Lipinski definition) is 2. The zero-order valence-corrected chi connectivity index (χ0v) is 14.8. The van der Waals surface area contributed by atoms with Crippen molar-refractivity contribution in [1.82, 2.24) is 4.90 Å². The summed E-state index contributed by atoms with van der Waals surface area (Å²) in [5.74, 6) is 0.732. The van der Waals surface area contributed by atoms with Crippen LogP contribution in [-0.2, 0) is 4.79 Å². The van der Waals surface area contributed by atoms with Crippen LogP contribution in [0.3, 0.4) is 0 Å². The monoisotopic (exact) mass is 318 g/mol. The summed E-state index contributed by atoms with van der Waals surface area (Å²) < 4.78 is 0. The number of carbonyl (C=O) groups excluding carboxylic acids is 1. The van der Waals surface area contributed by atoms with E-state index in [9.17, 15) is 9.90 Å². The lowest BCUT2D eigenvalue weighted by molar-refractivity contribution is -0.118. The minimum Gasteiger partial charge on any atom is -0.392 e. The number of aliphatic hydroxyl groups is 1. The molecule has 0 bridgehead atoms. The number of piperidine rings is 1. The van der Waals surface area contributed by atoms with Crippen LogP contribution < -0.4 is 5.32 Å². The number of β-amino-alcohol motifs (C(OH)–C–C–N with tert-alkyl or cyclic N) is 1. The average molecular weight is 318 g/mol. The van der Waals surface area contributed by atoms with E-state index >= 15 is 0 Å². The molecule has 1 heterocycles. The Morgan fingerprint density at radius 1 is 1.26 bits per heavy atom. The van der Waals surface area contributed by atoms with Crippen LogP contribution in [0.4, 0.5) is 5.69 Å². The molecule has 0 aliphatic carbocycles. The second-order valence-electron chi connectivity index (χ2n) is 7.20. The maximum atomic E-state index is 12.5. The number of rotatable bonds is 5. The first-order valence-electron chi connectivity index (χ1n) is 8.71. The second kappa shape index (κ2) is 7.93. The van der Waals surface area contributed by atoms with E-state index in [1.54, 1.807) is 0 Å². The summed E-state index contributed by atoms with van der Waals surface area (Å²) in [7, 11) is 0. The van der Waals surface area contributed by atoms with E-state index in [4.69, 9.17) is 0 Å². The molecule has 0 spiro atoms. The van der Waals surface area contributed by atoms with Crippen molar-refractivity contribution in [2.75, 3.05) is 25.0 Å². The van der Waals surface area contributed by atoms with Crippen molar-refractivity contribution < 1.29 is 9.90 Å². The van der Waals surface area contributed by atoms with E-state index in [0.717, 1.165) is 25.1 Å². The predicted molar refractivity (Wildman–Crippen MR) is 94.9 cm³/mol. The molecule has 1 atom stereocenters. The highest BCUT2D eigenvalue weighted by atomic mass is 16.3. The number of para-hydroxylation sites is 1. The van der Waals surface area contributed by atoms with Gasteiger partial charge in [-0.3, -0.25) is 9.69 Å². The van der Waals surface area contributed by atoms with Crippen molar-refractivity contribution >= 4 is 11.6 Å². The highest BCUT2D eigenvalue weighted by Gasteiger charge is 2.21. The van der Waals surface area contributed by atoms with Gasteiger partial charge in [-0.25, -0.2) is 0 Å². The minimum atomic E-state index is -0.300. The van der Waals surface area contributed by atoms with Crippen LogP contribution in [-0.4, -0.2) is 41.7 Å². The third-order valence-corrected chi connectivity index (χ3v) is 4.49. The number of amides is 1. The molecule has 1 aromatic carbocycles. The van der Waals surface area contributed by atoms with Gasteiger partial charge in [0, 0.05) is 12.2 Å². The van der Waals surface area contributed by atoms with Gasteiger partial charge < -0.3 is 10.4 Å². The van der Waals surface area contributed by atoms with Gasteiger partial charge in [-0.05, 0) is 42.3 Å². The van der Waals surface area contributed by atoms with Crippen molar-refractivity contribution in [2.45, 2.75) is 58.5 Å². The second-order valence-corrected chi connectivity index (χ2v) is 7.20. The molecule has 1 fully saturated rings. The molecule has 0 radical (unpaired) electrons. The Morgan fingerprint density at radius 3 is 2.39 bits per heavy atom. The number of aliphatic hydroxyl groups excluding tert-OH is 1.